The van der Waals surface area contributed by atoms with Gasteiger partial charge in [0.05, 0.1) is 18.3 Å². The van der Waals surface area contributed by atoms with Crippen LogP contribution >= 0.6 is 11.6 Å². The average molecular weight is 653 g/mol. The van der Waals surface area contributed by atoms with Gasteiger partial charge in [-0.15, -0.1) is 0 Å². The lowest BCUT2D eigenvalue weighted by Gasteiger charge is -2.41. The molecule has 9 atom stereocenters. The molecule has 15 heteroatoms. The third-order valence-corrected chi connectivity index (χ3v) is 7.90. The quantitative estimate of drug-likeness (QED) is 0.152. The SMILES string of the molecule is CC(=Cc1ccc(O[C@@H]2OC(=C(C)NOCc3cccc(Cl)c3)[C@@H](O)[C@H]2F)c(O)c1)C(=O)N[C@@H]1[C@H](O)[C@@H](O)[C@H]2OCO[C@H]2[C@@H]1O. The third-order valence-electron chi connectivity index (χ3n) is 7.67. The number of phenols is 1. The highest BCUT2D eigenvalue weighted by Gasteiger charge is 2.53. The van der Waals surface area contributed by atoms with Crippen LogP contribution in [0, 0.1) is 0 Å². The number of fused-ring (bicyclic) bond motifs is 1. The standard InChI is InChI=1S/C30H34ClFN2O11/c1-13(29(40)33-21-23(37)25(39)28-27(24(21)38)41-12-42-28)8-15-6-7-19(18(35)10-15)44-30-20(32)22(36)26(45-30)14(2)34-43-11-16-4-3-5-17(31)9-16/h3-10,20-25,27-28,30,34-39H,11-12H2,1-2H3,(H,33,40)/t20-,21-,22+,23+,24-,25-,27+,28-,30-/m1/s1. The van der Waals surface area contributed by atoms with Crippen molar-refractivity contribution in [1.82, 2.24) is 10.8 Å². The number of carbonyl (C=O) groups is 1. The number of carbonyl (C=O) groups excluding carboxylic acids is 1. The number of hydrogen-bond acceptors (Lipinski definition) is 12. The summed E-state index contributed by atoms with van der Waals surface area (Å²) in [4.78, 5) is 18.2. The normalized spacial score (nSPS) is 32.4. The van der Waals surface area contributed by atoms with E-state index in [1.54, 1.807) is 24.3 Å². The van der Waals surface area contributed by atoms with E-state index in [2.05, 4.69) is 10.8 Å². The largest absolute Gasteiger partial charge is 0.504 e. The number of nitrogens with one attached hydrogen (secondary N) is 2. The molecule has 3 fully saturated rings. The van der Waals surface area contributed by atoms with Gasteiger partial charge in [0, 0.05) is 10.6 Å². The zero-order valence-electron chi connectivity index (χ0n) is 24.2. The summed E-state index contributed by atoms with van der Waals surface area (Å²) in [6, 6.07) is 9.86. The number of halogens is 2. The van der Waals surface area contributed by atoms with Crippen LogP contribution in [0.4, 0.5) is 4.39 Å². The van der Waals surface area contributed by atoms with E-state index < -0.39 is 66.8 Å². The number of allylic oxidation sites excluding steroid dienone is 1. The number of amides is 1. The summed E-state index contributed by atoms with van der Waals surface area (Å²) in [5.41, 5.74) is 4.11. The summed E-state index contributed by atoms with van der Waals surface area (Å²) in [5, 5.41) is 55.3. The van der Waals surface area contributed by atoms with Gasteiger partial charge in [-0.1, -0.05) is 29.8 Å². The smallest absolute Gasteiger partial charge is 0.275 e. The molecule has 0 bridgehead atoms. The second-order valence-corrected chi connectivity index (χ2v) is 11.3. The number of aliphatic hydroxyl groups is 4. The first kappa shape index (κ1) is 32.9. The maximum atomic E-state index is 14.9. The number of phenolic OH excluding ortho intramolecular Hbond substituents is 1. The fourth-order valence-electron chi connectivity index (χ4n) is 5.24. The van der Waals surface area contributed by atoms with E-state index in [0.29, 0.717) is 10.6 Å². The first-order chi connectivity index (χ1) is 21.4. The molecule has 2 saturated heterocycles. The molecule has 1 amide bonds. The van der Waals surface area contributed by atoms with E-state index in [1.165, 1.54) is 38.1 Å². The van der Waals surface area contributed by atoms with Crippen molar-refractivity contribution in [2.24, 2.45) is 0 Å². The first-order valence-electron chi connectivity index (χ1n) is 14.0. The molecule has 3 aliphatic rings. The minimum Gasteiger partial charge on any atom is -0.504 e. The first-order valence-corrected chi connectivity index (χ1v) is 14.4. The lowest BCUT2D eigenvalue weighted by atomic mass is 9.83. The Morgan fingerprint density at radius 2 is 1.80 bits per heavy atom. The molecule has 2 heterocycles. The number of aliphatic hydroxyl groups excluding tert-OH is 4. The number of aromatic hydroxyl groups is 1. The zero-order chi connectivity index (χ0) is 32.4. The molecular weight excluding hydrogens is 619 g/mol. The van der Waals surface area contributed by atoms with Crippen molar-refractivity contribution in [3.05, 3.63) is 75.6 Å². The number of hydroxylamine groups is 1. The Labute approximate surface area is 262 Å². The molecular formula is C30H34ClFN2O11. The van der Waals surface area contributed by atoms with E-state index in [0.717, 1.165) is 5.56 Å². The number of rotatable bonds is 9. The van der Waals surface area contributed by atoms with Gasteiger partial charge >= 0.3 is 0 Å². The fraction of sp³-hybridized carbons (Fsp3) is 0.433. The summed E-state index contributed by atoms with van der Waals surface area (Å²) in [6.07, 6.45) is -9.88. The summed E-state index contributed by atoms with van der Waals surface area (Å²) in [5.74, 6) is -1.34. The highest BCUT2D eigenvalue weighted by molar-refractivity contribution is 6.30. The second-order valence-electron chi connectivity index (χ2n) is 10.9. The minimum atomic E-state index is -1.99. The van der Waals surface area contributed by atoms with Crippen molar-refractivity contribution < 1.29 is 58.5 Å². The Morgan fingerprint density at radius 3 is 2.51 bits per heavy atom. The lowest BCUT2D eigenvalue weighted by Crippen LogP contribution is -2.67. The molecule has 45 heavy (non-hydrogen) atoms. The molecule has 1 saturated carbocycles. The predicted molar refractivity (Wildman–Crippen MR) is 155 cm³/mol. The van der Waals surface area contributed by atoms with E-state index in [4.69, 9.17) is 35.4 Å². The number of benzene rings is 2. The van der Waals surface area contributed by atoms with E-state index in [9.17, 15) is 34.7 Å². The van der Waals surface area contributed by atoms with Crippen LogP contribution in [0.15, 0.2) is 59.5 Å². The molecule has 0 spiro atoms. The molecule has 0 radical (unpaired) electrons. The van der Waals surface area contributed by atoms with Crippen molar-refractivity contribution in [2.45, 2.75) is 75.6 Å². The summed E-state index contributed by atoms with van der Waals surface area (Å²) >= 11 is 5.96. The van der Waals surface area contributed by atoms with Crippen LogP contribution in [-0.2, 0) is 30.4 Å². The maximum absolute atomic E-state index is 14.9. The highest BCUT2D eigenvalue weighted by atomic mass is 35.5. The molecule has 244 valence electrons. The second kappa shape index (κ2) is 13.9. The fourth-order valence-corrected chi connectivity index (χ4v) is 5.46. The van der Waals surface area contributed by atoms with Gasteiger partial charge in [0.1, 0.15) is 37.3 Å². The third kappa shape index (κ3) is 7.18. The molecule has 2 aliphatic heterocycles. The molecule has 2 aromatic carbocycles. The molecule has 0 aromatic heterocycles. The van der Waals surface area contributed by atoms with Crippen molar-refractivity contribution in [2.75, 3.05) is 6.79 Å². The molecule has 0 unspecified atom stereocenters. The Hall–Kier alpha value is -3.47. The van der Waals surface area contributed by atoms with Gasteiger partial charge in [0.15, 0.2) is 23.4 Å². The van der Waals surface area contributed by atoms with Crippen molar-refractivity contribution in [1.29, 1.82) is 0 Å². The Kier molecular flexibility index (Phi) is 10.2. The summed E-state index contributed by atoms with van der Waals surface area (Å²) < 4.78 is 36.4. The summed E-state index contributed by atoms with van der Waals surface area (Å²) in [6.45, 7) is 2.97. The van der Waals surface area contributed by atoms with Crippen molar-refractivity contribution in [3.63, 3.8) is 0 Å². The maximum Gasteiger partial charge on any atom is 0.275 e. The van der Waals surface area contributed by atoms with Crippen molar-refractivity contribution in [3.8, 4) is 11.5 Å². The number of hydrogen-bond donors (Lipinski definition) is 7. The topological polar surface area (TPSA) is 188 Å². The van der Waals surface area contributed by atoms with Crippen LogP contribution in [0.3, 0.4) is 0 Å². The van der Waals surface area contributed by atoms with Crippen LogP contribution in [0.5, 0.6) is 11.5 Å². The van der Waals surface area contributed by atoms with E-state index >= 15 is 0 Å². The van der Waals surface area contributed by atoms with Crippen LogP contribution in [0.2, 0.25) is 5.02 Å². The van der Waals surface area contributed by atoms with Crippen molar-refractivity contribution >= 4 is 23.6 Å². The Balaban J connectivity index is 1.18. The summed E-state index contributed by atoms with van der Waals surface area (Å²) in [7, 11) is 0. The molecule has 2 aromatic rings. The van der Waals surface area contributed by atoms with Crippen LogP contribution in [0.25, 0.3) is 6.08 Å². The van der Waals surface area contributed by atoms with E-state index in [-0.39, 0.29) is 36.2 Å². The Morgan fingerprint density at radius 1 is 1.07 bits per heavy atom. The van der Waals surface area contributed by atoms with Crippen LogP contribution in [0.1, 0.15) is 25.0 Å². The predicted octanol–water partition coefficient (Wildman–Crippen LogP) is 1.16. The molecule has 1 aliphatic carbocycles. The molecule has 7 N–H and O–H groups in total. The number of alkyl halides is 1. The number of ether oxygens (including phenoxy) is 4. The van der Waals surface area contributed by atoms with Gasteiger partial charge in [-0.3, -0.25) is 15.1 Å². The van der Waals surface area contributed by atoms with Gasteiger partial charge in [-0.25, -0.2) is 4.39 Å². The lowest BCUT2D eigenvalue weighted by molar-refractivity contribution is -0.155. The minimum absolute atomic E-state index is 0.134. The average Bonchev–Trinajstić information content (AvgIpc) is 3.61. The van der Waals surface area contributed by atoms with Gasteiger partial charge in [0.2, 0.25) is 12.1 Å². The molecule has 13 nitrogen and oxygen atoms in total. The van der Waals surface area contributed by atoms with Crippen LogP contribution in [-0.4, -0.2) is 93.4 Å². The monoisotopic (exact) mass is 652 g/mol. The van der Waals surface area contributed by atoms with E-state index in [1.807, 2.05) is 0 Å². The highest BCUT2D eigenvalue weighted by Crippen LogP contribution is 2.35. The van der Waals surface area contributed by atoms with Crippen LogP contribution < -0.4 is 15.5 Å². The van der Waals surface area contributed by atoms with Gasteiger partial charge in [0.25, 0.3) is 6.29 Å². The van der Waals surface area contributed by atoms with Gasteiger partial charge < -0.3 is 49.8 Å². The Bertz CT molecular complexity index is 1460. The van der Waals surface area contributed by atoms with Gasteiger partial charge in [-0.05, 0) is 55.3 Å². The molecule has 5 rings (SSSR count). The zero-order valence-corrected chi connectivity index (χ0v) is 24.9. The van der Waals surface area contributed by atoms with Gasteiger partial charge in [-0.2, -0.15) is 0 Å².